The summed E-state index contributed by atoms with van der Waals surface area (Å²) in [6, 6.07) is 6.21. The van der Waals surface area contributed by atoms with E-state index in [9.17, 15) is 10.1 Å². The highest BCUT2D eigenvalue weighted by atomic mass is 32.1. The van der Waals surface area contributed by atoms with Crippen LogP contribution in [0.4, 0.5) is 11.4 Å². The van der Waals surface area contributed by atoms with Gasteiger partial charge in [0, 0.05) is 12.1 Å². The van der Waals surface area contributed by atoms with E-state index in [1.165, 1.54) is 12.1 Å². The molecule has 17 heavy (non-hydrogen) atoms. The number of anilines is 1. The zero-order valence-electron chi connectivity index (χ0n) is 9.43. The van der Waals surface area contributed by atoms with Crippen LogP contribution in [0.2, 0.25) is 0 Å². The van der Waals surface area contributed by atoms with Crippen molar-refractivity contribution in [3.05, 3.63) is 34.4 Å². The van der Waals surface area contributed by atoms with E-state index in [-0.39, 0.29) is 11.4 Å². The fourth-order valence-corrected chi connectivity index (χ4v) is 1.99. The first-order chi connectivity index (χ1) is 7.89. The molecule has 0 aliphatic carbocycles. The number of nitrogens with zero attached hydrogens (tertiary/aromatic N) is 2. The predicted octanol–water partition coefficient (Wildman–Crippen LogP) is 1.53. The Labute approximate surface area is 104 Å². The van der Waals surface area contributed by atoms with Crippen LogP contribution in [0.3, 0.4) is 0 Å². The lowest BCUT2D eigenvalue weighted by Gasteiger charge is -2.20. The average molecular weight is 252 g/mol. The second-order valence-electron chi connectivity index (χ2n) is 4.28. The van der Waals surface area contributed by atoms with E-state index in [4.69, 9.17) is 12.2 Å². The van der Waals surface area contributed by atoms with Gasteiger partial charge in [-0.1, -0.05) is 0 Å². The van der Waals surface area contributed by atoms with Crippen molar-refractivity contribution in [2.45, 2.75) is 19.5 Å². The molecule has 0 amide bonds. The lowest BCUT2D eigenvalue weighted by atomic mass is 10.3. The van der Waals surface area contributed by atoms with Gasteiger partial charge in [-0.05, 0) is 38.2 Å². The van der Waals surface area contributed by atoms with Crippen LogP contribution in [0.1, 0.15) is 13.8 Å². The van der Waals surface area contributed by atoms with Crippen LogP contribution in [-0.2, 0) is 0 Å². The van der Waals surface area contributed by atoms with E-state index >= 15 is 0 Å². The summed E-state index contributed by atoms with van der Waals surface area (Å²) in [5.74, 6) is 0. The van der Waals surface area contributed by atoms with Crippen LogP contribution < -0.4 is 15.8 Å². The van der Waals surface area contributed by atoms with Gasteiger partial charge in [-0.3, -0.25) is 15.1 Å². The molecule has 90 valence electrons. The molecule has 1 aromatic rings. The van der Waals surface area contributed by atoms with Crippen LogP contribution in [-0.4, -0.2) is 15.7 Å². The van der Waals surface area contributed by atoms with Gasteiger partial charge >= 0.3 is 0 Å². The van der Waals surface area contributed by atoms with Crippen LogP contribution in [0.15, 0.2) is 24.3 Å². The Hall–Kier alpha value is -1.73. The number of thiocarbonyl (C=S) groups is 1. The largest absolute Gasteiger partial charge is 0.342 e. The summed E-state index contributed by atoms with van der Waals surface area (Å²) >= 11 is 5.17. The number of benzene rings is 1. The van der Waals surface area contributed by atoms with Crippen molar-refractivity contribution in [2.75, 3.05) is 5.01 Å². The van der Waals surface area contributed by atoms with Crippen LogP contribution >= 0.6 is 12.2 Å². The summed E-state index contributed by atoms with van der Waals surface area (Å²) in [6.07, 6.45) is 0. The molecule has 0 atom stereocenters. The summed E-state index contributed by atoms with van der Waals surface area (Å²) in [5, 5.41) is 15.9. The van der Waals surface area contributed by atoms with Gasteiger partial charge < -0.3 is 5.32 Å². The first-order valence-electron chi connectivity index (χ1n) is 5.04. The fraction of sp³-hybridized carbons (Fsp3) is 0.300. The normalized spacial score (nSPS) is 18.0. The van der Waals surface area contributed by atoms with Crippen molar-refractivity contribution in [3.8, 4) is 0 Å². The molecule has 1 saturated heterocycles. The lowest BCUT2D eigenvalue weighted by molar-refractivity contribution is -0.384. The van der Waals surface area contributed by atoms with Crippen LogP contribution in [0.5, 0.6) is 0 Å². The number of nitrogens with one attached hydrogen (secondary N) is 2. The average Bonchev–Trinajstić information content (AvgIpc) is 2.52. The maximum absolute atomic E-state index is 10.5. The summed E-state index contributed by atoms with van der Waals surface area (Å²) in [5.41, 5.74) is 3.66. The van der Waals surface area contributed by atoms with E-state index in [0.717, 1.165) is 5.69 Å². The van der Waals surface area contributed by atoms with Crippen LogP contribution in [0.25, 0.3) is 0 Å². The highest BCUT2D eigenvalue weighted by molar-refractivity contribution is 7.80. The van der Waals surface area contributed by atoms with Crippen molar-refractivity contribution >= 4 is 28.7 Å². The maximum Gasteiger partial charge on any atom is 0.269 e. The molecule has 1 fully saturated rings. The number of non-ortho nitro benzene ring substituents is 1. The third-order valence-electron chi connectivity index (χ3n) is 2.33. The molecule has 0 radical (unpaired) electrons. The Balaban J connectivity index is 2.24. The quantitative estimate of drug-likeness (QED) is 0.472. The third-order valence-corrected chi connectivity index (χ3v) is 2.62. The molecule has 1 heterocycles. The second kappa shape index (κ2) is 3.94. The highest BCUT2D eigenvalue weighted by Crippen LogP contribution is 2.21. The Morgan fingerprint density at radius 1 is 1.35 bits per heavy atom. The summed E-state index contributed by atoms with van der Waals surface area (Å²) in [4.78, 5) is 10.1. The summed E-state index contributed by atoms with van der Waals surface area (Å²) < 4.78 is 0. The molecular weight excluding hydrogens is 240 g/mol. The Bertz CT molecular complexity index is 472. The van der Waals surface area contributed by atoms with Gasteiger partial charge in [0.2, 0.25) is 0 Å². The molecular formula is C10H12N4O2S. The van der Waals surface area contributed by atoms with Gasteiger partial charge in [0.1, 0.15) is 5.66 Å². The Kier molecular flexibility index (Phi) is 2.72. The molecule has 0 aromatic heterocycles. The number of rotatable bonds is 2. The SMILES string of the molecule is CC1(C)NC(=S)N(c2ccc([N+](=O)[O-])cc2)N1. The van der Waals surface area contributed by atoms with Gasteiger partial charge in [0.25, 0.3) is 5.69 Å². The molecule has 0 spiro atoms. The Morgan fingerprint density at radius 3 is 2.35 bits per heavy atom. The first kappa shape index (κ1) is 11.7. The standard InChI is InChI=1S/C10H12N4O2S/c1-10(2)11-9(17)13(12-10)7-3-5-8(6-4-7)14(15)16/h3-6,12H,1-2H3,(H,11,17). The zero-order chi connectivity index (χ0) is 12.6. The molecule has 0 bridgehead atoms. The Morgan fingerprint density at radius 2 is 1.94 bits per heavy atom. The van der Waals surface area contributed by atoms with Crippen molar-refractivity contribution in [3.63, 3.8) is 0 Å². The minimum Gasteiger partial charge on any atom is -0.342 e. The maximum atomic E-state index is 10.5. The second-order valence-corrected chi connectivity index (χ2v) is 4.66. The van der Waals surface area contributed by atoms with Gasteiger partial charge in [-0.2, -0.15) is 0 Å². The van der Waals surface area contributed by atoms with Crippen molar-refractivity contribution in [1.29, 1.82) is 0 Å². The number of hydrazine groups is 1. The molecule has 7 heteroatoms. The number of hydrogen-bond donors (Lipinski definition) is 2. The van der Waals surface area contributed by atoms with Gasteiger partial charge in [0.05, 0.1) is 10.6 Å². The van der Waals surface area contributed by atoms with E-state index in [1.54, 1.807) is 17.1 Å². The summed E-state index contributed by atoms with van der Waals surface area (Å²) in [6.45, 7) is 3.90. The lowest BCUT2D eigenvalue weighted by Crippen LogP contribution is -2.45. The molecule has 1 aromatic carbocycles. The topological polar surface area (TPSA) is 70.4 Å². The molecule has 0 unspecified atom stereocenters. The molecule has 6 nitrogen and oxygen atoms in total. The molecule has 1 aliphatic rings. The monoisotopic (exact) mass is 252 g/mol. The molecule has 2 rings (SSSR count). The zero-order valence-corrected chi connectivity index (χ0v) is 10.2. The van der Waals surface area contributed by atoms with Gasteiger partial charge in [-0.25, -0.2) is 5.43 Å². The molecule has 1 aliphatic heterocycles. The number of hydrogen-bond acceptors (Lipinski definition) is 4. The minimum absolute atomic E-state index is 0.0612. The number of nitro groups is 1. The van der Waals surface area contributed by atoms with Gasteiger partial charge in [0.15, 0.2) is 5.11 Å². The smallest absolute Gasteiger partial charge is 0.269 e. The molecule has 2 N–H and O–H groups in total. The highest BCUT2D eigenvalue weighted by Gasteiger charge is 2.32. The number of nitro benzene ring substituents is 1. The van der Waals surface area contributed by atoms with Crippen molar-refractivity contribution in [2.24, 2.45) is 0 Å². The van der Waals surface area contributed by atoms with Crippen LogP contribution in [0, 0.1) is 10.1 Å². The van der Waals surface area contributed by atoms with E-state index < -0.39 is 4.92 Å². The van der Waals surface area contributed by atoms with Gasteiger partial charge in [-0.15, -0.1) is 0 Å². The van der Waals surface area contributed by atoms with Crippen molar-refractivity contribution in [1.82, 2.24) is 10.7 Å². The molecule has 0 saturated carbocycles. The minimum atomic E-state index is -0.429. The first-order valence-corrected chi connectivity index (χ1v) is 5.44. The predicted molar refractivity (Wildman–Crippen MR) is 68.5 cm³/mol. The van der Waals surface area contributed by atoms with E-state index in [0.29, 0.717) is 5.11 Å². The summed E-state index contributed by atoms with van der Waals surface area (Å²) in [7, 11) is 0. The van der Waals surface area contributed by atoms with Crippen molar-refractivity contribution < 1.29 is 4.92 Å². The van der Waals surface area contributed by atoms with E-state index in [2.05, 4.69) is 10.7 Å². The van der Waals surface area contributed by atoms with E-state index in [1.807, 2.05) is 13.8 Å². The fourth-order valence-electron chi connectivity index (χ4n) is 1.59. The third kappa shape index (κ3) is 2.34.